The molecule has 1 N–H and O–H groups in total. The highest BCUT2D eigenvalue weighted by Crippen LogP contribution is 2.40. The molecule has 0 bridgehead atoms. The number of halogens is 2. The first-order chi connectivity index (χ1) is 3.81. The molecule has 0 aliphatic rings. The highest BCUT2D eigenvalue weighted by Gasteiger charge is 2.36. The lowest BCUT2D eigenvalue weighted by Crippen LogP contribution is -2.40. The molecule has 0 unspecified atom stereocenters. The number of hydrogen-bond donors (Lipinski definition) is 1. The molecule has 0 spiro atoms. The van der Waals surface area contributed by atoms with Crippen molar-refractivity contribution in [1.82, 2.24) is 5.32 Å². The maximum atomic E-state index is 5.89. The van der Waals surface area contributed by atoms with E-state index in [4.69, 9.17) is 23.2 Å². The van der Waals surface area contributed by atoms with E-state index in [1.54, 1.807) is 7.05 Å². The minimum atomic E-state index is -0.765. The van der Waals surface area contributed by atoms with Crippen molar-refractivity contribution >= 4 is 33.4 Å². The lowest BCUT2D eigenvalue weighted by atomic mass is 10.2. The summed E-state index contributed by atoms with van der Waals surface area (Å²) in [6, 6.07) is 0. The van der Waals surface area contributed by atoms with Crippen molar-refractivity contribution in [2.24, 2.45) is 0 Å². The van der Waals surface area contributed by atoms with Crippen molar-refractivity contribution < 1.29 is 0 Å². The molecule has 4 heteroatoms. The Morgan fingerprint density at radius 2 is 1.67 bits per heavy atom. The summed E-state index contributed by atoms with van der Waals surface area (Å²) < 4.78 is -0.765. The third-order valence-corrected chi connectivity index (χ3v) is 4.15. The van der Waals surface area contributed by atoms with Gasteiger partial charge in [-0.25, -0.2) is 0 Å². The first-order valence-electron chi connectivity index (χ1n) is 2.88. The van der Waals surface area contributed by atoms with E-state index in [-0.39, 0.29) is 5.04 Å². The molecule has 0 saturated heterocycles. The molecule has 56 valence electrons. The van der Waals surface area contributed by atoms with Gasteiger partial charge in [0.2, 0.25) is 0 Å². The van der Waals surface area contributed by atoms with Crippen LogP contribution in [0.4, 0.5) is 0 Å². The fraction of sp³-hybridized carbons (Fsp3) is 1.00. The molecule has 0 aromatic heterocycles. The van der Waals surface area contributed by atoms with Crippen molar-refractivity contribution in [2.75, 3.05) is 7.05 Å². The van der Waals surface area contributed by atoms with Crippen molar-refractivity contribution in [3.63, 3.8) is 0 Å². The van der Waals surface area contributed by atoms with E-state index in [0.29, 0.717) is 0 Å². The molecule has 0 fully saturated rings. The minimum absolute atomic E-state index is 0.00482. The van der Waals surface area contributed by atoms with Gasteiger partial charge in [0.25, 0.3) is 0 Å². The van der Waals surface area contributed by atoms with E-state index in [9.17, 15) is 0 Å². The van der Waals surface area contributed by atoms with Crippen LogP contribution in [0, 0.1) is 0 Å². The topological polar surface area (TPSA) is 12.0 Å². The second kappa shape index (κ2) is 2.78. The molecule has 0 aromatic carbocycles. The Hall–Kier alpha value is 0.757. The molecular weight excluding hydrogens is 173 g/mol. The maximum Gasteiger partial charge on any atom is 0.170 e. The molecule has 0 aromatic rings. The fourth-order valence-corrected chi connectivity index (χ4v) is 0.625. The third kappa shape index (κ3) is 2.46. The molecule has 0 saturated carbocycles. The van der Waals surface area contributed by atoms with Crippen LogP contribution in [0.3, 0.4) is 0 Å². The van der Waals surface area contributed by atoms with E-state index in [0.717, 1.165) is 10.2 Å². The van der Waals surface area contributed by atoms with Crippen LogP contribution in [0.2, 0.25) is 5.04 Å². The van der Waals surface area contributed by atoms with Crippen LogP contribution in [-0.4, -0.2) is 21.7 Å². The Kier molecular flexibility index (Phi) is 3.02. The summed E-state index contributed by atoms with van der Waals surface area (Å²) in [5.74, 6) is 0. The standard InChI is InChI=1S/C5H13Cl2NSi/c1-4(2,9)5(6,7)8-3/h8H,1-3,9H3. The number of rotatable bonds is 2. The van der Waals surface area contributed by atoms with E-state index >= 15 is 0 Å². The van der Waals surface area contributed by atoms with Crippen molar-refractivity contribution in [3.05, 3.63) is 0 Å². The van der Waals surface area contributed by atoms with Crippen LogP contribution in [0.1, 0.15) is 13.8 Å². The molecule has 9 heavy (non-hydrogen) atoms. The van der Waals surface area contributed by atoms with Gasteiger partial charge >= 0.3 is 0 Å². The van der Waals surface area contributed by atoms with Gasteiger partial charge in [0.1, 0.15) is 0 Å². The lowest BCUT2D eigenvalue weighted by Gasteiger charge is -2.33. The summed E-state index contributed by atoms with van der Waals surface area (Å²) in [5.41, 5.74) is 0. The zero-order valence-electron chi connectivity index (χ0n) is 6.26. The first kappa shape index (κ1) is 9.76. The summed E-state index contributed by atoms with van der Waals surface area (Å²) in [6.07, 6.45) is 0. The number of hydrogen-bond acceptors (Lipinski definition) is 1. The minimum Gasteiger partial charge on any atom is -0.289 e. The average molecular weight is 186 g/mol. The lowest BCUT2D eigenvalue weighted by molar-refractivity contribution is 0.515. The van der Waals surface area contributed by atoms with Crippen LogP contribution in [0.5, 0.6) is 0 Å². The molecule has 0 rings (SSSR count). The number of nitrogens with one attached hydrogen (secondary N) is 1. The molecule has 1 nitrogen and oxygen atoms in total. The Balaban J connectivity index is 4.14. The Labute approximate surface area is 69.5 Å². The van der Waals surface area contributed by atoms with Gasteiger partial charge in [-0.3, -0.25) is 5.32 Å². The van der Waals surface area contributed by atoms with Gasteiger partial charge < -0.3 is 0 Å². The predicted molar refractivity (Wildman–Crippen MR) is 47.5 cm³/mol. The fourth-order valence-electron chi connectivity index (χ4n) is 0.375. The Morgan fingerprint density at radius 3 is 1.67 bits per heavy atom. The van der Waals surface area contributed by atoms with Gasteiger partial charge in [-0.2, -0.15) is 0 Å². The summed E-state index contributed by atoms with van der Waals surface area (Å²) in [4.78, 5) is 0. The molecule has 0 aliphatic heterocycles. The highest BCUT2D eigenvalue weighted by molar-refractivity contribution is 6.51. The van der Waals surface area contributed by atoms with Gasteiger partial charge in [-0.1, -0.05) is 37.0 Å². The Morgan fingerprint density at radius 1 is 1.33 bits per heavy atom. The smallest absolute Gasteiger partial charge is 0.170 e. The second-order valence-electron chi connectivity index (χ2n) is 3.07. The average Bonchev–Trinajstić information content (AvgIpc) is 1.64. The summed E-state index contributed by atoms with van der Waals surface area (Å²) in [6.45, 7) is 4.07. The van der Waals surface area contributed by atoms with E-state index in [2.05, 4.69) is 5.32 Å². The SMILES string of the molecule is CNC(Cl)(Cl)C(C)(C)[SiH3]. The zero-order chi connectivity index (χ0) is 7.71. The molecule has 0 atom stereocenters. The van der Waals surface area contributed by atoms with Gasteiger partial charge in [0, 0.05) is 10.2 Å². The first-order valence-corrected chi connectivity index (χ1v) is 4.63. The van der Waals surface area contributed by atoms with E-state index < -0.39 is 4.46 Å². The molecule has 0 heterocycles. The van der Waals surface area contributed by atoms with E-state index in [1.165, 1.54) is 0 Å². The third-order valence-electron chi connectivity index (χ3n) is 1.26. The van der Waals surface area contributed by atoms with Crippen LogP contribution in [0.15, 0.2) is 0 Å². The van der Waals surface area contributed by atoms with E-state index in [1.807, 2.05) is 13.8 Å². The highest BCUT2D eigenvalue weighted by atomic mass is 35.5. The van der Waals surface area contributed by atoms with Crippen molar-refractivity contribution in [2.45, 2.75) is 23.3 Å². The molecular formula is C5H13Cl2NSi. The molecule has 0 radical (unpaired) electrons. The predicted octanol–water partition coefficient (Wildman–Crippen LogP) is 0.901. The Bertz CT molecular complexity index is 97.6. The maximum absolute atomic E-state index is 5.89. The normalized spacial score (nSPS) is 14.3. The molecule has 0 amide bonds. The summed E-state index contributed by atoms with van der Waals surface area (Å²) in [7, 11) is 2.73. The van der Waals surface area contributed by atoms with Crippen LogP contribution < -0.4 is 5.32 Å². The zero-order valence-corrected chi connectivity index (χ0v) is 9.77. The van der Waals surface area contributed by atoms with Gasteiger partial charge in [0.15, 0.2) is 4.46 Å². The quantitative estimate of drug-likeness (QED) is 0.384. The number of alkyl halides is 2. The van der Waals surface area contributed by atoms with Crippen molar-refractivity contribution in [1.29, 1.82) is 0 Å². The second-order valence-corrected chi connectivity index (χ2v) is 6.90. The summed E-state index contributed by atoms with van der Waals surface area (Å²) in [5, 5.41) is 2.85. The van der Waals surface area contributed by atoms with Gasteiger partial charge in [-0.15, -0.1) is 0 Å². The van der Waals surface area contributed by atoms with Gasteiger partial charge in [0.05, 0.1) is 0 Å². The van der Waals surface area contributed by atoms with Crippen LogP contribution in [-0.2, 0) is 0 Å². The molecule has 0 aliphatic carbocycles. The monoisotopic (exact) mass is 185 g/mol. The van der Waals surface area contributed by atoms with Crippen molar-refractivity contribution in [3.8, 4) is 0 Å². The summed E-state index contributed by atoms with van der Waals surface area (Å²) >= 11 is 11.8. The largest absolute Gasteiger partial charge is 0.289 e. The van der Waals surface area contributed by atoms with Crippen LogP contribution in [0.25, 0.3) is 0 Å². The van der Waals surface area contributed by atoms with Crippen LogP contribution >= 0.6 is 23.2 Å². The van der Waals surface area contributed by atoms with Gasteiger partial charge in [-0.05, 0) is 12.1 Å².